The van der Waals surface area contributed by atoms with Gasteiger partial charge in [0, 0.05) is 34.0 Å². The third-order valence-corrected chi connectivity index (χ3v) is 4.19. The van der Waals surface area contributed by atoms with Crippen LogP contribution in [0.5, 0.6) is 0 Å². The van der Waals surface area contributed by atoms with Crippen molar-refractivity contribution in [3.63, 3.8) is 0 Å². The average molecular weight is 391 g/mol. The van der Waals surface area contributed by atoms with Gasteiger partial charge in [0.15, 0.2) is 0 Å². The molecule has 1 aromatic carbocycles. The Balaban J connectivity index is 2.34. The number of hydrogen-bond donors (Lipinski definition) is 1. The Kier molecular flexibility index (Phi) is 7.22. The number of halogens is 1. The SMILES string of the molecule is CC(C)N(C)CCCCNc1ccc([N+](=O)[O-])cc1I. The van der Waals surface area contributed by atoms with E-state index in [1.807, 2.05) is 0 Å². The minimum absolute atomic E-state index is 0.138. The molecule has 0 aromatic heterocycles. The second-order valence-corrected chi connectivity index (χ2v) is 6.29. The molecule has 0 amide bonds. The van der Waals surface area contributed by atoms with Gasteiger partial charge in [-0.05, 0) is 68.9 Å². The van der Waals surface area contributed by atoms with Crippen molar-refractivity contribution in [1.82, 2.24) is 4.90 Å². The predicted octanol–water partition coefficient (Wildman–Crippen LogP) is 3.73. The molecule has 0 aliphatic rings. The van der Waals surface area contributed by atoms with Gasteiger partial charge >= 0.3 is 0 Å². The summed E-state index contributed by atoms with van der Waals surface area (Å²) in [6.45, 7) is 6.37. The molecule has 0 saturated carbocycles. The van der Waals surface area contributed by atoms with Crippen molar-refractivity contribution < 1.29 is 4.92 Å². The summed E-state index contributed by atoms with van der Waals surface area (Å²) < 4.78 is 0.885. The molecule has 20 heavy (non-hydrogen) atoms. The van der Waals surface area contributed by atoms with Crippen LogP contribution in [-0.2, 0) is 0 Å². The Morgan fingerprint density at radius 3 is 2.65 bits per heavy atom. The van der Waals surface area contributed by atoms with Gasteiger partial charge in [0.1, 0.15) is 0 Å². The van der Waals surface area contributed by atoms with Crippen LogP contribution in [0.3, 0.4) is 0 Å². The van der Waals surface area contributed by atoms with E-state index in [4.69, 9.17) is 0 Å². The molecule has 0 atom stereocenters. The summed E-state index contributed by atoms with van der Waals surface area (Å²) in [6.07, 6.45) is 2.23. The fraction of sp³-hybridized carbons (Fsp3) is 0.571. The number of nitrogens with zero attached hydrogens (tertiary/aromatic N) is 2. The fourth-order valence-corrected chi connectivity index (χ4v) is 2.42. The number of non-ortho nitro benzene ring substituents is 1. The summed E-state index contributed by atoms with van der Waals surface area (Å²) in [6, 6.07) is 5.49. The van der Waals surface area contributed by atoms with E-state index < -0.39 is 0 Å². The first-order chi connectivity index (χ1) is 9.41. The second kappa shape index (κ2) is 8.41. The van der Waals surface area contributed by atoms with Crippen LogP contribution in [0, 0.1) is 13.7 Å². The minimum Gasteiger partial charge on any atom is -0.384 e. The summed E-state index contributed by atoms with van der Waals surface area (Å²) >= 11 is 2.12. The second-order valence-electron chi connectivity index (χ2n) is 5.13. The molecule has 112 valence electrons. The Bertz CT molecular complexity index is 452. The molecule has 1 rings (SSSR count). The van der Waals surface area contributed by atoms with Crippen molar-refractivity contribution in [2.45, 2.75) is 32.7 Å². The Morgan fingerprint density at radius 1 is 1.40 bits per heavy atom. The number of nitro benzene ring substituents is 1. The van der Waals surface area contributed by atoms with Crippen LogP contribution in [0.4, 0.5) is 11.4 Å². The first-order valence-corrected chi connectivity index (χ1v) is 7.87. The highest BCUT2D eigenvalue weighted by molar-refractivity contribution is 14.1. The third kappa shape index (κ3) is 5.62. The molecular weight excluding hydrogens is 369 g/mol. The van der Waals surface area contributed by atoms with Crippen LogP contribution < -0.4 is 5.32 Å². The van der Waals surface area contributed by atoms with Crippen molar-refractivity contribution in [3.05, 3.63) is 31.9 Å². The lowest BCUT2D eigenvalue weighted by molar-refractivity contribution is -0.384. The van der Waals surface area contributed by atoms with Crippen molar-refractivity contribution >= 4 is 34.0 Å². The van der Waals surface area contributed by atoms with Gasteiger partial charge in [0.05, 0.1) is 4.92 Å². The largest absolute Gasteiger partial charge is 0.384 e. The molecule has 1 aromatic rings. The Labute approximate surface area is 134 Å². The lowest BCUT2D eigenvalue weighted by atomic mass is 10.2. The number of nitro groups is 1. The summed E-state index contributed by atoms with van der Waals surface area (Å²) in [5, 5.41) is 14.0. The van der Waals surface area contributed by atoms with Crippen LogP contribution in [0.1, 0.15) is 26.7 Å². The van der Waals surface area contributed by atoms with E-state index in [1.165, 1.54) is 6.07 Å². The smallest absolute Gasteiger partial charge is 0.270 e. The number of hydrogen-bond acceptors (Lipinski definition) is 4. The molecule has 0 aliphatic heterocycles. The summed E-state index contributed by atoms with van der Waals surface area (Å²) in [5.74, 6) is 0. The van der Waals surface area contributed by atoms with Crippen LogP contribution >= 0.6 is 22.6 Å². The maximum absolute atomic E-state index is 10.7. The quantitative estimate of drug-likeness (QED) is 0.318. The zero-order valence-electron chi connectivity index (χ0n) is 12.2. The van der Waals surface area contributed by atoms with Crippen LogP contribution in [0.25, 0.3) is 0 Å². The lowest BCUT2D eigenvalue weighted by Crippen LogP contribution is -2.27. The summed E-state index contributed by atoms with van der Waals surface area (Å²) in [5.41, 5.74) is 1.10. The van der Waals surface area contributed by atoms with E-state index in [9.17, 15) is 10.1 Å². The molecule has 0 bridgehead atoms. The predicted molar refractivity (Wildman–Crippen MR) is 91.3 cm³/mol. The van der Waals surface area contributed by atoms with Gasteiger partial charge in [0.2, 0.25) is 0 Å². The summed E-state index contributed by atoms with van der Waals surface area (Å²) in [7, 11) is 2.14. The number of anilines is 1. The molecule has 5 nitrogen and oxygen atoms in total. The van der Waals surface area contributed by atoms with Crippen molar-refractivity contribution in [2.75, 3.05) is 25.5 Å². The van der Waals surface area contributed by atoms with Crippen molar-refractivity contribution in [2.24, 2.45) is 0 Å². The highest BCUT2D eigenvalue weighted by Crippen LogP contribution is 2.23. The molecular formula is C14H22IN3O2. The van der Waals surface area contributed by atoms with Crippen LogP contribution in [-0.4, -0.2) is 36.0 Å². The van der Waals surface area contributed by atoms with Gasteiger partial charge in [0.25, 0.3) is 5.69 Å². The first-order valence-electron chi connectivity index (χ1n) is 6.80. The highest BCUT2D eigenvalue weighted by atomic mass is 127. The maximum Gasteiger partial charge on any atom is 0.270 e. The van der Waals surface area contributed by atoms with Crippen LogP contribution in [0.2, 0.25) is 0 Å². The normalized spacial score (nSPS) is 11.1. The van der Waals surface area contributed by atoms with E-state index in [2.05, 4.69) is 53.7 Å². The Hall–Kier alpha value is -0.890. The van der Waals surface area contributed by atoms with Gasteiger partial charge in [-0.25, -0.2) is 0 Å². The number of unbranched alkanes of at least 4 members (excludes halogenated alkanes) is 1. The topological polar surface area (TPSA) is 58.4 Å². The molecule has 1 N–H and O–H groups in total. The molecule has 0 fully saturated rings. The van der Waals surface area contributed by atoms with Gasteiger partial charge < -0.3 is 10.2 Å². The summed E-state index contributed by atoms with van der Waals surface area (Å²) in [4.78, 5) is 12.6. The van der Waals surface area contributed by atoms with Gasteiger partial charge in [-0.3, -0.25) is 10.1 Å². The molecule has 0 spiro atoms. The molecule has 0 aliphatic carbocycles. The van der Waals surface area contributed by atoms with E-state index in [1.54, 1.807) is 12.1 Å². The monoisotopic (exact) mass is 391 g/mol. The van der Waals surface area contributed by atoms with Gasteiger partial charge in [-0.1, -0.05) is 0 Å². The van der Waals surface area contributed by atoms with Crippen LogP contribution in [0.15, 0.2) is 18.2 Å². The maximum atomic E-state index is 10.7. The molecule has 0 unspecified atom stereocenters. The highest BCUT2D eigenvalue weighted by Gasteiger charge is 2.08. The Morgan fingerprint density at radius 2 is 2.10 bits per heavy atom. The van der Waals surface area contributed by atoms with Crippen molar-refractivity contribution in [1.29, 1.82) is 0 Å². The fourth-order valence-electron chi connectivity index (χ4n) is 1.73. The molecule has 0 saturated heterocycles. The number of benzene rings is 1. The van der Waals surface area contributed by atoms with Gasteiger partial charge in [-0.15, -0.1) is 0 Å². The third-order valence-electron chi connectivity index (χ3n) is 3.30. The minimum atomic E-state index is -0.367. The average Bonchev–Trinajstić information content (AvgIpc) is 2.39. The molecule has 0 radical (unpaired) electrons. The van der Waals surface area contributed by atoms with E-state index in [-0.39, 0.29) is 10.6 Å². The molecule has 0 heterocycles. The number of rotatable bonds is 8. The van der Waals surface area contributed by atoms with E-state index in [0.29, 0.717) is 6.04 Å². The number of nitrogens with one attached hydrogen (secondary N) is 1. The standard InChI is InChI=1S/C14H22IN3O2/c1-11(2)17(3)9-5-4-8-16-14-7-6-12(18(19)20)10-13(14)15/h6-7,10-11,16H,4-5,8-9H2,1-3H3. The van der Waals surface area contributed by atoms with E-state index >= 15 is 0 Å². The van der Waals surface area contributed by atoms with Crippen molar-refractivity contribution in [3.8, 4) is 0 Å². The first kappa shape index (κ1) is 17.2. The zero-order chi connectivity index (χ0) is 15.1. The molecule has 6 heteroatoms. The lowest BCUT2D eigenvalue weighted by Gasteiger charge is -2.20. The van der Waals surface area contributed by atoms with Gasteiger partial charge in [-0.2, -0.15) is 0 Å². The van der Waals surface area contributed by atoms with E-state index in [0.717, 1.165) is 35.2 Å². The zero-order valence-corrected chi connectivity index (χ0v) is 14.4.